The standard InChI is InChI=1S/C16H22N6O3S/c1-5-11(3)17-15(24)18-14(23)9-26-16-19-20-21-22(16)12-8-10(2)6-7-13(12)25-4/h6-8,11H,5,9H2,1-4H3,(H2,17,18,23,24)/t11-/m1/s1. The Kier molecular flexibility index (Phi) is 6.96. The molecule has 9 nitrogen and oxygen atoms in total. The molecule has 1 aromatic carbocycles. The summed E-state index contributed by atoms with van der Waals surface area (Å²) in [6.07, 6.45) is 0.781. The Morgan fingerprint density at radius 2 is 2.15 bits per heavy atom. The second kappa shape index (κ2) is 9.18. The number of nitrogens with one attached hydrogen (secondary N) is 2. The summed E-state index contributed by atoms with van der Waals surface area (Å²) in [6, 6.07) is 5.12. The van der Waals surface area contributed by atoms with Crippen molar-refractivity contribution < 1.29 is 14.3 Å². The van der Waals surface area contributed by atoms with Crippen LogP contribution in [0, 0.1) is 6.92 Å². The molecule has 0 bridgehead atoms. The average Bonchev–Trinajstić information content (AvgIpc) is 3.08. The highest BCUT2D eigenvalue weighted by Crippen LogP contribution is 2.26. The highest BCUT2D eigenvalue weighted by atomic mass is 32.2. The molecular weight excluding hydrogens is 356 g/mol. The minimum absolute atomic E-state index is 0.00241. The summed E-state index contributed by atoms with van der Waals surface area (Å²) in [4.78, 5) is 23.6. The summed E-state index contributed by atoms with van der Waals surface area (Å²) in [5.74, 6) is 0.186. The van der Waals surface area contributed by atoms with Crippen molar-refractivity contribution in [2.45, 2.75) is 38.4 Å². The normalized spacial score (nSPS) is 11.7. The molecule has 0 fully saturated rings. The van der Waals surface area contributed by atoms with Gasteiger partial charge in [-0.05, 0) is 48.4 Å². The summed E-state index contributed by atoms with van der Waals surface area (Å²) in [5.41, 5.74) is 1.70. The number of benzene rings is 1. The molecule has 26 heavy (non-hydrogen) atoms. The number of rotatable bonds is 7. The molecule has 0 aliphatic carbocycles. The number of hydrogen-bond donors (Lipinski definition) is 2. The zero-order valence-electron chi connectivity index (χ0n) is 15.1. The predicted octanol–water partition coefficient (Wildman–Crippen LogP) is 1.70. The number of tetrazole rings is 1. The molecule has 0 spiro atoms. The molecule has 0 saturated carbocycles. The van der Waals surface area contributed by atoms with Crippen LogP contribution in [0.25, 0.3) is 5.69 Å². The zero-order chi connectivity index (χ0) is 19.1. The van der Waals surface area contributed by atoms with Gasteiger partial charge in [-0.1, -0.05) is 24.8 Å². The Morgan fingerprint density at radius 3 is 2.85 bits per heavy atom. The largest absolute Gasteiger partial charge is 0.494 e. The van der Waals surface area contributed by atoms with Crippen LogP contribution in [0.15, 0.2) is 23.4 Å². The van der Waals surface area contributed by atoms with E-state index in [0.29, 0.717) is 16.6 Å². The van der Waals surface area contributed by atoms with Gasteiger partial charge in [0.15, 0.2) is 0 Å². The number of carbonyl (C=O) groups excluding carboxylic acids is 2. The zero-order valence-corrected chi connectivity index (χ0v) is 16.0. The number of nitrogens with zero attached hydrogens (tertiary/aromatic N) is 4. The molecule has 0 aliphatic rings. The van der Waals surface area contributed by atoms with E-state index in [0.717, 1.165) is 23.7 Å². The highest BCUT2D eigenvalue weighted by molar-refractivity contribution is 7.99. The van der Waals surface area contributed by atoms with Crippen molar-refractivity contribution in [3.8, 4) is 11.4 Å². The quantitative estimate of drug-likeness (QED) is 0.705. The third kappa shape index (κ3) is 5.19. The van der Waals surface area contributed by atoms with Crippen LogP contribution in [0.3, 0.4) is 0 Å². The molecule has 2 N–H and O–H groups in total. The van der Waals surface area contributed by atoms with E-state index < -0.39 is 11.9 Å². The SMILES string of the molecule is CC[C@@H](C)NC(=O)NC(=O)CSc1nnnn1-c1cc(C)ccc1OC. The van der Waals surface area contributed by atoms with Crippen LogP contribution in [0.2, 0.25) is 0 Å². The van der Waals surface area contributed by atoms with Crippen molar-refractivity contribution in [1.29, 1.82) is 0 Å². The summed E-state index contributed by atoms with van der Waals surface area (Å²) in [7, 11) is 1.56. The molecule has 10 heteroatoms. The minimum Gasteiger partial charge on any atom is -0.494 e. The van der Waals surface area contributed by atoms with Gasteiger partial charge in [-0.3, -0.25) is 10.1 Å². The molecule has 3 amide bonds. The van der Waals surface area contributed by atoms with Crippen molar-refractivity contribution >= 4 is 23.7 Å². The number of imide groups is 1. The van der Waals surface area contributed by atoms with E-state index in [9.17, 15) is 9.59 Å². The fraction of sp³-hybridized carbons (Fsp3) is 0.438. The highest BCUT2D eigenvalue weighted by Gasteiger charge is 2.16. The minimum atomic E-state index is -0.509. The number of ether oxygens (including phenoxy) is 1. The number of aromatic nitrogens is 4. The second-order valence-corrected chi connectivity index (χ2v) is 6.61. The molecule has 1 heterocycles. The first-order chi connectivity index (χ1) is 12.4. The van der Waals surface area contributed by atoms with Gasteiger partial charge in [-0.15, -0.1) is 5.10 Å². The Labute approximate surface area is 155 Å². The number of carbonyl (C=O) groups is 2. The van der Waals surface area contributed by atoms with Gasteiger partial charge in [0, 0.05) is 6.04 Å². The maximum absolute atomic E-state index is 11.9. The van der Waals surface area contributed by atoms with Gasteiger partial charge in [0.1, 0.15) is 11.4 Å². The van der Waals surface area contributed by atoms with Crippen molar-refractivity contribution in [2.24, 2.45) is 0 Å². The van der Waals surface area contributed by atoms with E-state index in [2.05, 4.69) is 26.2 Å². The lowest BCUT2D eigenvalue weighted by Crippen LogP contribution is -2.43. The maximum Gasteiger partial charge on any atom is 0.321 e. The summed E-state index contributed by atoms with van der Waals surface area (Å²) < 4.78 is 6.85. The van der Waals surface area contributed by atoms with E-state index in [4.69, 9.17) is 4.74 Å². The first kappa shape index (κ1) is 19.7. The molecule has 1 aromatic heterocycles. The van der Waals surface area contributed by atoms with Gasteiger partial charge in [-0.25, -0.2) is 4.79 Å². The topological polar surface area (TPSA) is 111 Å². The molecule has 2 rings (SSSR count). The van der Waals surface area contributed by atoms with E-state index in [1.165, 1.54) is 4.68 Å². The van der Waals surface area contributed by atoms with Crippen molar-refractivity contribution in [1.82, 2.24) is 30.8 Å². The monoisotopic (exact) mass is 378 g/mol. The number of aryl methyl sites for hydroxylation is 1. The number of methoxy groups -OCH3 is 1. The van der Waals surface area contributed by atoms with E-state index in [-0.39, 0.29) is 11.8 Å². The van der Waals surface area contributed by atoms with Gasteiger partial charge in [0.05, 0.1) is 12.9 Å². The van der Waals surface area contributed by atoms with Crippen LogP contribution in [-0.4, -0.2) is 51.1 Å². The van der Waals surface area contributed by atoms with Gasteiger partial charge in [0.2, 0.25) is 11.1 Å². The summed E-state index contributed by atoms with van der Waals surface area (Å²) in [5, 5.41) is 17.0. The Bertz CT molecular complexity index is 779. The number of hydrogen-bond acceptors (Lipinski definition) is 7. The molecule has 0 radical (unpaired) electrons. The first-order valence-corrected chi connectivity index (χ1v) is 9.09. The number of thioether (sulfide) groups is 1. The Hall–Kier alpha value is -2.62. The van der Waals surface area contributed by atoms with Crippen LogP contribution in [0.4, 0.5) is 4.79 Å². The summed E-state index contributed by atoms with van der Waals surface area (Å²) >= 11 is 1.13. The first-order valence-electron chi connectivity index (χ1n) is 8.11. The molecule has 1 atom stereocenters. The lowest BCUT2D eigenvalue weighted by molar-refractivity contribution is -0.117. The maximum atomic E-state index is 11.9. The average molecular weight is 378 g/mol. The van der Waals surface area contributed by atoms with Gasteiger partial charge < -0.3 is 10.1 Å². The molecule has 0 aliphatic heterocycles. The molecular formula is C16H22N6O3S. The summed E-state index contributed by atoms with van der Waals surface area (Å²) in [6.45, 7) is 5.76. The van der Waals surface area contributed by atoms with Gasteiger partial charge >= 0.3 is 6.03 Å². The van der Waals surface area contributed by atoms with Crippen LogP contribution in [0.1, 0.15) is 25.8 Å². The smallest absolute Gasteiger partial charge is 0.321 e. The molecule has 0 saturated heterocycles. The number of urea groups is 1. The Morgan fingerprint density at radius 1 is 1.38 bits per heavy atom. The van der Waals surface area contributed by atoms with E-state index in [1.807, 2.05) is 39.0 Å². The third-order valence-corrected chi connectivity index (χ3v) is 4.50. The van der Waals surface area contributed by atoms with Crippen molar-refractivity contribution in [3.05, 3.63) is 23.8 Å². The fourth-order valence-corrected chi connectivity index (χ4v) is 2.72. The van der Waals surface area contributed by atoms with Crippen LogP contribution in [0.5, 0.6) is 5.75 Å². The van der Waals surface area contributed by atoms with E-state index >= 15 is 0 Å². The molecule has 0 unspecified atom stereocenters. The van der Waals surface area contributed by atoms with Crippen LogP contribution in [-0.2, 0) is 4.79 Å². The number of amides is 3. The third-order valence-electron chi connectivity index (χ3n) is 3.58. The van der Waals surface area contributed by atoms with Crippen molar-refractivity contribution in [2.75, 3.05) is 12.9 Å². The Balaban J connectivity index is 2.03. The van der Waals surface area contributed by atoms with Crippen molar-refractivity contribution in [3.63, 3.8) is 0 Å². The predicted molar refractivity (Wildman–Crippen MR) is 97.6 cm³/mol. The lowest BCUT2D eigenvalue weighted by atomic mass is 10.2. The molecule has 2 aromatic rings. The van der Waals surface area contributed by atoms with Gasteiger partial charge in [0.25, 0.3) is 0 Å². The van der Waals surface area contributed by atoms with Crippen LogP contribution < -0.4 is 15.4 Å². The van der Waals surface area contributed by atoms with Crippen LogP contribution >= 0.6 is 11.8 Å². The second-order valence-electron chi connectivity index (χ2n) is 5.67. The van der Waals surface area contributed by atoms with Gasteiger partial charge in [-0.2, -0.15) is 4.68 Å². The fourth-order valence-electron chi connectivity index (χ4n) is 2.04. The lowest BCUT2D eigenvalue weighted by Gasteiger charge is -2.12. The molecule has 140 valence electrons. The van der Waals surface area contributed by atoms with E-state index in [1.54, 1.807) is 7.11 Å².